The van der Waals surface area contributed by atoms with E-state index in [9.17, 15) is 0 Å². The van der Waals surface area contributed by atoms with Gasteiger partial charge in [-0.05, 0) is 32.9 Å². The molecule has 0 saturated carbocycles. The van der Waals surface area contributed by atoms with Crippen LogP contribution >= 0.6 is 0 Å². The lowest BCUT2D eigenvalue weighted by Crippen LogP contribution is -2.40. The van der Waals surface area contributed by atoms with Gasteiger partial charge in [-0.2, -0.15) is 0 Å². The van der Waals surface area contributed by atoms with Gasteiger partial charge in [0.1, 0.15) is 0 Å². The molecule has 0 aliphatic carbocycles. The SMILES string of the molecule is CC(O)CN(CC(C)O)CC(C)O.Nc1ccccc1. The normalized spacial score (nSPS) is 15.2. The number of hydrogen-bond acceptors (Lipinski definition) is 5. The summed E-state index contributed by atoms with van der Waals surface area (Å²) in [5, 5.41) is 27.4. The Kier molecular flexibility index (Phi) is 10.0. The number of nitrogens with two attached hydrogens (primary N) is 1. The maximum Gasteiger partial charge on any atom is 0.0639 e. The largest absolute Gasteiger partial charge is 0.399 e. The van der Waals surface area contributed by atoms with Gasteiger partial charge in [0, 0.05) is 25.3 Å². The van der Waals surface area contributed by atoms with Crippen LogP contribution in [0.25, 0.3) is 0 Å². The van der Waals surface area contributed by atoms with E-state index in [1.165, 1.54) is 0 Å². The predicted molar refractivity (Wildman–Crippen MR) is 82.3 cm³/mol. The van der Waals surface area contributed by atoms with Crippen LogP contribution in [0.5, 0.6) is 0 Å². The Morgan fingerprint density at radius 2 is 1.20 bits per heavy atom. The molecule has 0 amide bonds. The summed E-state index contributed by atoms with van der Waals surface area (Å²) >= 11 is 0. The van der Waals surface area contributed by atoms with Gasteiger partial charge in [-0.3, -0.25) is 4.90 Å². The second-order valence-electron chi connectivity index (χ2n) is 5.18. The van der Waals surface area contributed by atoms with Crippen LogP contribution in [0.2, 0.25) is 0 Å². The number of aliphatic hydroxyl groups is 3. The molecule has 0 aliphatic rings. The third-order valence-electron chi connectivity index (χ3n) is 2.37. The number of benzene rings is 1. The molecule has 0 aliphatic heterocycles. The molecule has 3 atom stereocenters. The molecule has 1 aromatic rings. The van der Waals surface area contributed by atoms with E-state index >= 15 is 0 Å². The second-order valence-corrected chi connectivity index (χ2v) is 5.18. The maximum absolute atomic E-state index is 9.14. The van der Waals surface area contributed by atoms with E-state index in [4.69, 9.17) is 21.1 Å². The van der Waals surface area contributed by atoms with E-state index in [0.717, 1.165) is 5.69 Å². The summed E-state index contributed by atoms with van der Waals surface area (Å²) in [7, 11) is 0. The monoisotopic (exact) mass is 284 g/mol. The van der Waals surface area contributed by atoms with Crippen molar-refractivity contribution in [2.45, 2.75) is 39.1 Å². The Balaban J connectivity index is 0.000000428. The molecule has 5 N–H and O–H groups in total. The van der Waals surface area contributed by atoms with Crippen LogP contribution in [-0.4, -0.2) is 58.2 Å². The van der Waals surface area contributed by atoms with Crippen molar-refractivity contribution in [2.75, 3.05) is 25.4 Å². The smallest absolute Gasteiger partial charge is 0.0639 e. The van der Waals surface area contributed by atoms with Crippen molar-refractivity contribution in [1.29, 1.82) is 0 Å². The summed E-state index contributed by atoms with van der Waals surface area (Å²) in [6, 6.07) is 9.49. The zero-order valence-corrected chi connectivity index (χ0v) is 12.6. The molecular formula is C15H28N2O3. The number of rotatable bonds is 6. The van der Waals surface area contributed by atoms with Gasteiger partial charge in [-0.15, -0.1) is 0 Å². The topological polar surface area (TPSA) is 90.0 Å². The highest BCUT2D eigenvalue weighted by Gasteiger charge is 2.12. The quantitative estimate of drug-likeness (QED) is 0.577. The fraction of sp³-hybridized carbons (Fsp3) is 0.600. The Labute approximate surface area is 121 Å². The number of hydrogen-bond donors (Lipinski definition) is 4. The van der Waals surface area contributed by atoms with Gasteiger partial charge in [0.05, 0.1) is 18.3 Å². The first-order valence-electron chi connectivity index (χ1n) is 6.88. The molecule has 0 aromatic heterocycles. The lowest BCUT2D eigenvalue weighted by molar-refractivity contribution is 0.0530. The average molecular weight is 284 g/mol. The highest BCUT2D eigenvalue weighted by Crippen LogP contribution is 1.97. The Morgan fingerprint density at radius 1 is 0.850 bits per heavy atom. The molecule has 0 fully saturated rings. The van der Waals surface area contributed by atoms with Crippen LogP contribution in [0, 0.1) is 0 Å². The Bertz CT molecular complexity index is 305. The van der Waals surface area contributed by atoms with E-state index < -0.39 is 18.3 Å². The lowest BCUT2D eigenvalue weighted by Gasteiger charge is -2.25. The van der Waals surface area contributed by atoms with Gasteiger partial charge in [0.25, 0.3) is 0 Å². The van der Waals surface area contributed by atoms with E-state index in [-0.39, 0.29) is 0 Å². The third-order valence-corrected chi connectivity index (χ3v) is 2.37. The lowest BCUT2D eigenvalue weighted by atomic mass is 10.2. The van der Waals surface area contributed by atoms with Crippen molar-refractivity contribution in [3.8, 4) is 0 Å². The molecule has 3 unspecified atom stereocenters. The van der Waals surface area contributed by atoms with Crippen molar-refractivity contribution < 1.29 is 15.3 Å². The summed E-state index contributed by atoms with van der Waals surface area (Å²) < 4.78 is 0. The van der Waals surface area contributed by atoms with Crippen molar-refractivity contribution in [1.82, 2.24) is 4.90 Å². The average Bonchev–Trinajstić information content (AvgIpc) is 2.27. The number of para-hydroxylation sites is 1. The fourth-order valence-electron chi connectivity index (χ4n) is 1.80. The number of anilines is 1. The highest BCUT2D eigenvalue weighted by atomic mass is 16.3. The number of nitrogen functional groups attached to an aromatic ring is 1. The van der Waals surface area contributed by atoms with E-state index in [1.54, 1.807) is 20.8 Å². The first kappa shape index (κ1) is 18.9. The Morgan fingerprint density at radius 3 is 1.40 bits per heavy atom. The standard InChI is InChI=1S/C9H21NO3.C6H7N/c1-7(11)4-10(5-8(2)12)6-9(3)13;7-6-4-2-1-3-5-6/h7-9,11-13H,4-6H2,1-3H3;1-5H,7H2. The van der Waals surface area contributed by atoms with Crippen LogP contribution in [0.4, 0.5) is 5.69 Å². The molecule has 0 bridgehead atoms. The summed E-state index contributed by atoms with van der Waals surface area (Å²) in [5.74, 6) is 0. The van der Waals surface area contributed by atoms with Crippen LogP contribution in [0.1, 0.15) is 20.8 Å². The molecule has 0 saturated heterocycles. The molecule has 20 heavy (non-hydrogen) atoms. The van der Waals surface area contributed by atoms with Crippen LogP contribution in [0.3, 0.4) is 0 Å². The zero-order valence-electron chi connectivity index (χ0n) is 12.6. The fourth-order valence-corrected chi connectivity index (χ4v) is 1.80. The first-order chi connectivity index (χ1) is 9.31. The van der Waals surface area contributed by atoms with Crippen molar-refractivity contribution in [3.63, 3.8) is 0 Å². The van der Waals surface area contributed by atoms with Crippen molar-refractivity contribution >= 4 is 5.69 Å². The molecule has 116 valence electrons. The van der Waals surface area contributed by atoms with E-state index in [1.807, 2.05) is 35.2 Å². The van der Waals surface area contributed by atoms with E-state index in [0.29, 0.717) is 19.6 Å². The van der Waals surface area contributed by atoms with Gasteiger partial charge >= 0.3 is 0 Å². The number of aliphatic hydroxyl groups excluding tert-OH is 3. The predicted octanol–water partition coefficient (Wildman–Crippen LogP) is 0.700. The van der Waals surface area contributed by atoms with Gasteiger partial charge in [-0.1, -0.05) is 18.2 Å². The first-order valence-corrected chi connectivity index (χ1v) is 6.88. The molecule has 0 spiro atoms. The third kappa shape index (κ3) is 11.9. The Hall–Kier alpha value is -1.14. The molecular weight excluding hydrogens is 256 g/mol. The van der Waals surface area contributed by atoms with E-state index in [2.05, 4.69) is 0 Å². The molecule has 5 nitrogen and oxygen atoms in total. The van der Waals surface area contributed by atoms with Crippen LogP contribution < -0.4 is 5.73 Å². The highest BCUT2D eigenvalue weighted by molar-refractivity contribution is 5.35. The zero-order chi connectivity index (χ0) is 15.5. The van der Waals surface area contributed by atoms with Gasteiger partial charge in [0.15, 0.2) is 0 Å². The van der Waals surface area contributed by atoms with Gasteiger partial charge in [0.2, 0.25) is 0 Å². The maximum atomic E-state index is 9.14. The minimum absolute atomic E-state index is 0.433. The summed E-state index contributed by atoms with van der Waals surface area (Å²) in [6.07, 6.45) is -1.30. The molecule has 1 rings (SSSR count). The minimum atomic E-state index is -0.433. The summed E-state index contributed by atoms with van der Waals surface area (Å²) in [4.78, 5) is 1.85. The molecule has 1 aromatic carbocycles. The van der Waals surface area contributed by atoms with Gasteiger partial charge < -0.3 is 21.1 Å². The van der Waals surface area contributed by atoms with Crippen LogP contribution in [0.15, 0.2) is 30.3 Å². The summed E-state index contributed by atoms with van der Waals surface area (Å²) in [5.41, 5.74) is 6.18. The molecule has 5 heteroatoms. The van der Waals surface area contributed by atoms with Crippen molar-refractivity contribution in [3.05, 3.63) is 30.3 Å². The van der Waals surface area contributed by atoms with Crippen molar-refractivity contribution in [2.24, 2.45) is 0 Å². The molecule has 0 radical (unpaired) electrons. The minimum Gasteiger partial charge on any atom is -0.399 e. The number of nitrogens with zero attached hydrogens (tertiary/aromatic N) is 1. The van der Waals surface area contributed by atoms with Crippen LogP contribution in [-0.2, 0) is 0 Å². The molecule has 0 heterocycles. The summed E-state index contributed by atoms with van der Waals surface area (Å²) in [6.45, 7) is 6.52. The second kappa shape index (κ2) is 10.6. The van der Waals surface area contributed by atoms with Gasteiger partial charge in [-0.25, -0.2) is 0 Å².